The molecule has 0 radical (unpaired) electrons. The van der Waals surface area contributed by atoms with E-state index in [-0.39, 0.29) is 6.03 Å². The van der Waals surface area contributed by atoms with Gasteiger partial charge in [0.2, 0.25) is 5.82 Å². The lowest BCUT2D eigenvalue weighted by atomic mass is 9.94. The summed E-state index contributed by atoms with van der Waals surface area (Å²) in [5.41, 5.74) is 3.26. The molecule has 1 aliphatic rings. The van der Waals surface area contributed by atoms with Gasteiger partial charge in [-0.05, 0) is 43.2 Å². The molecule has 0 saturated heterocycles. The van der Waals surface area contributed by atoms with Gasteiger partial charge in [0.1, 0.15) is 11.5 Å². The van der Waals surface area contributed by atoms with Gasteiger partial charge >= 0.3 is 6.03 Å². The highest BCUT2D eigenvalue weighted by Crippen LogP contribution is 2.38. The maximum Gasteiger partial charge on any atom is 0.322 e. The summed E-state index contributed by atoms with van der Waals surface area (Å²) in [5.74, 6) is 2.27. The van der Waals surface area contributed by atoms with Crippen LogP contribution in [0.5, 0.6) is 11.5 Å². The highest BCUT2D eigenvalue weighted by Gasteiger charge is 2.35. The molecule has 172 valence electrons. The largest absolute Gasteiger partial charge is 0.497 e. The molecule has 0 bridgehead atoms. The number of unbranched alkanes of at least 4 members (excludes halogenated alkanes) is 1. The van der Waals surface area contributed by atoms with E-state index in [1.165, 1.54) is 0 Å². The molecule has 33 heavy (non-hydrogen) atoms. The van der Waals surface area contributed by atoms with E-state index < -0.39 is 6.04 Å². The van der Waals surface area contributed by atoms with Crippen molar-refractivity contribution >= 4 is 11.6 Å². The third-order valence-electron chi connectivity index (χ3n) is 5.77. The van der Waals surface area contributed by atoms with Crippen molar-refractivity contribution in [2.24, 2.45) is 0 Å². The van der Waals surface area contributed by atoms with Gasteiger partial charge in [0.15, 0.2) is 0 Å². The number of amides is 2. The number of benzene rings is 2. The van der Waals surface area contributed by atoms with E-state index in [9.17, 15) is 4.79 Å². The van der Waals surface area contributed by atoms with Gasteiger partial charge in [0.25, 0.3) is 5.89 Å². The second kappa shape index (κ2) is 9.77. The van der Waals surface area contributed by atoms with Crippen molar-refractivity contribution in [2.45, 2.75) is 32.7 Å². The van der Waals surface area contributed by atoms with Crippen molar-refractivity contribution in [1.82, 2.24) is 20.4 Å². The van der Waals surface area contributed by atoms with E-state index in [4.69, 9.17) is 14.0 Å². The van der Waals surface area contributed by atoms with Gasteiger partial charge < -0.3 is 19.3 Å². The maximum absolute atomic E-state index is 13.0. The molecule has 2 heterocycles. The van der Waals surface area contributed by atoms with E-state index in [0.29, 0.717) is 24.0 Å². The molecule has 0 spiro atoms. The van der Waals surface area contributed by atoms with Crippen molar-refractivity contribution in [3.63, 3.8) is 0 Å². The monoisotopic (exact) mass is 448 g/mol. The molecule has 8 nitrogen and oxygen atoms in total. The molecule has 1 aromatic heterocycles. The van der Waals surface area contributed by atoms with Crippen molar-refractivity contribution in [3.8, 4) is 22.9 Å². The summed E-state index contributed by atoms with van der Waals surface area (Å²) in [5, 5.41) is 7.32. The Kier molecular flexibility index (Phi) is 6.63. The Morgan fingerprint density at radius 3 is 2.55 bits per heavy atom. The Labute approximate surface area is 193 Å². The molecule has 1 atom stereocenters. The van der Waals surface area contributed by atoms with Crippen LogP contribution in [-0.2, 0) is 0 Å². The number of hydrogen-bond donors (Lipinski definition) is 1. The van der Waals surface area contributed by atoms with Crippen LogP contribution < -0.4 is 14.8 Å². The Balaban J connectivity index is 1.78. The Hall–Kier alpha value is -3.81. The standard InChI is InChI=1S/C25H28N4O4/c1-5-6-14-29-16(2)21(22(26-25(29)30)17-10-12-19(31-3)13-11-17)24-27-23(28-33-24)18-8-7-9-20(15-18)32-4/h7-13,15,22H,5-6,14H2,1-4H3,(H,26,30). The van der Waals surface area contributed by atoms with E-state index >= 15 is 0 Å². The van der Waals surface area contributed by atoms with E-state index in [1.807, 2.05) is 55.5 Å². The molecular weight excluding hydrogens is 420 g/mol. The zero-order valence-electron chi connectivity index (χ0n) is 19.3. The number of allylic oxidation sites excluding steroid dienone is 1. The van der Waals surface area contributed by atoms with Gasteiger partial charge in [-0.25, -0.2) is 4.79 Å². The molecule has 2 amide bonds. The van der Waals surface area contributed by atoms with Crippen molar-refractivity contribution in [3.05, 3.63) is 65.7 Å². The predicted molar refractivity (Wildman–Crippen MR) is 125 cm³/mol. The first-order valence-electron chi connectivity index (χ1n) is 11.0. The first kappa shape index (κ1) is 22.4. The van der Waals surface area contributed by atoms with Gasteiger partial charge in [0.05, 0.1) is 25.8 Å². The maximum atomic E-state index is 13.0. The third-order valence-corrected chi connectivity index (χ3v) is 5.77. The van der Waals surface area contributed by atoms with Crippen LogP contribution in [-0.4, -0.2) is 41.8 Å². The SMILES string of the molecule is CCCCN1C(=O)NC(c2ccc(OC)cc2)C(c2nc(-c3cccc(OC)c3)no2)=C1C. The zero-order chi connectivity index (χ0) is 23.4. The molecule has 1 N–H and O–H groups in total. The van der Waals surface area contributed by atoms with Crippen LogP contribution in [0.25, 0.3) is 17.0 Å². The lowest BCUT2D eigenvalue weighted by Crippen LogP contribution is -2.46. The summed E-state index contributed by atoms with van der Waals surface area (Å²) < 4.78 is 16.3. The lowest BCUT2D eigenvalue weighted by molar-refractivity contribution is 0.204. The topological polar surface area (TPSA) is 89.7 Å². The fraction of sp³-hybridized carbons (Fsp3) is 0.320. The fourth-order valence-electron chi connectivity index (χ4n) is 3.90. The summed E-state index contributed by atoms with van der Waals surface area (Å²) in [6.45, 7) is 4.64. The van der Waals surface area contributed by atoms with Crippen LogP contribution in [0.4, 0.5) is 4.79 Å². The van der Waals surface area contributed by atoms with Crippen LogP contribution in [0.1, 0.15) is 44.2 Å². The van der Waals surface area contributed by atoms with Gasteiger partial charge in [-0.2, -0.15) is 4.98 Å². The number of carbonyl (C=O) groups excluding carboxylic acids is 1. The molecule has 1 unspecified atom stereocenters. The Morgan fingerprint density at radius 2 is 1.85 bits per heavy atom. The minimum Gasteiger partial charge on any atom is -0.497 e. The number of methoxy groups -OCH3 is 2. The average Bonchev–Trinajstić information content (AvgIpc) is 3.33. The Morgan fingerprint density at radius 1 is 1.09 bits per heavy atom. The zero-order valence-corrected chi connectivity index (χ0v) is 19.3. The second-order valence-electron chi connectivity index (χ2n) is 7.82. The molecule has 0 fully saturated rings. The van der Waals surface area contributed by atoms with Gasteiger partial charge in [-0.15, -0.1) is 0 Å². The summed E-state index contributed by atoms with van der Waals surface area (Å²) in [6.07, 6.45) is 1.87. The van der Waals surface area contributed by atoms with Gasteiger partial charge in [-0.1, -0.05) is 42.8 Å². The molecule has 4 rings (SSSR count). The molecule has 3 aromatic rings. The van der Waals surface area contributed by atoms with Crippen molar-refractivity contribution in [2.75, 3.05) is 20.8 Å². The number of ether oxygens (including phenoxy) is 2. The highest BCUT2D eigenvalue weighted by molar-refractivity contribution is 5.86. The number of rotatable bonds is 8. The van der Waals surface area contributed by atoms with E-state index in [0.717, 1.165) is 41.0 Å². The number of aromatic nitrogens is 2. The molecular formula is C25H28N4O4. The first-order chi connectivity index (χ1) is 16.0. The Bertz CT molecular complexity index is 1150. The fourth-order valence-corrected chi connectivity index (χ4v) is 3.90. The molecule has 0 aliphatic carbocycles. The summed E-state index contributed by atoms with van der Waals surface area (Å²) in [7, 11) is 3.24. The van der Waals surface area contributed by atoms with Crippen LogP contribution in [0, 0.1) is 0 Å². The summed E-state index contributed by atoms with van der Waals surface area (Å²) >= 11 is 0. The smallest absolute Gasteiger partial charge is 0.322 e. The van der Waals surface area contributed by atoms with Crippen molar-refractivity contribution in [1.29, 1.82) is 0 Å². The highest BCUT2D eigenvalue weighted by atomic mass is 16.5. The van der Waals surface area contributed by atoms with Crippen LogP contribution >= 0.6 is 0 Å². The molecule has 8 heteroatoms. The molecule has 1 aliphatic heterocycles. The van der Waals surface area contributed by atoms with Crippen LogP contribution in [0.3, 0.4) is 0 Å². The normalized spacial score (nSPS) is 16.1. The summed E-state index contributed by atoms with van der Waals surface area (Å²) in [6, 6.07) is 14.5. The average molecular weight is 449 g/mol. The van der Waals surface area contributed by atoms with Crippen LogP contribution in [0.15, 0.2) is 58.8 Å². The second-order valence-corrected chi connectivity index (χ2v) is 7.82. The minimum absolute atomic E-state index is 0.141. The van der Waals surface area contributed by atoms with Gasteiger partial charge in [-0.3, -0.25) is 4.90 Å². The number of nitrogens with one attached hydrogen (secondary N) is 1. The number of hydrogen-bond acceptors (Lipinski definition) is 6. The quantitative estimate of drug-likeness (QED) is 0.519. The number of carbonyl (C=O) groups is 1. The van der Waals surface area contributed by atoms with E-state index in [2.05, 4.69) is 22.4 Å². The molecule has 0 saturated carbocycles. The first-order valence-corrected chi connectivity index (χ1v) is 11.0. The van der Waals surface area contributed by atoms with Crippen LogP contribution in [0.2, 0.25) is 0 Å². The number of urea groups is 1. The van der Waals surface area contributed by atoms with Gasteiger partial charge in [0, 0.05) is 17.8 Å². The number of nitrogens with zero attached hydrogens (tertiary/aromatic N) is 3. The minimum atomic E-state index is -0.431. The lowest BCUT2D eigenvalue weighted by Gasteiger charge is -2.35. The van der Waals surface area contributed by atoms with Crippen molar-refractivity contribution < 1.29 is 18.8 Å². The predicted octanol–water partition coefficient (Wildman–Crippen LogP) is 5.05. The third kappa shape index (κ3) is 4.55. The summed E-state index contributed by atoms with van der Waals surface area (Å²) in [4.78, 5) is 19.4. The molecule has 2 aromatic carbocycles. The van der Waals surface area contributed by atoms with E-state index in [1.54, 1.807) is 19.1 Å².